The van der Waals surface area contributed by atoms with Crippen LogP contribution in [0.25, 0.3) is 0 Å². The van der Waals surface area contributed by atoms with Gasteiger partial charge in [0.05, 0.1) is 0 Å². The largest absolute Gasteiger partial charge is 0.369 e. The van der Waals surface area contributed by atoms with Gasteiger partial charge in [0.25, 0.3) is 5.91 Å². The number of aldehydes is 1. The molecule has 1 saturated carbocycles. The number of nitrogens with zero attached hydrogens (tertiary/aromatic N) is 2. The third-order valence-electron chi connectivity index (χ3n) is 3.56. The molecule has 0 aromatic rings. The quantitative estimate of drug-likeness (QED) is 0.698. The predicted octanol–water partition coefficient (Wildman–Crippen LogP) is 3.23. The van der Waals surface area contributed by atoms with Gasteiger partial charge in [-0.05, 0) is 32.1 Å². The van der Waals surface area contributed by atoms with Gasteiger partial charge in [-0.1, -0.05) is 47.0 Å². The maximum Gasteiger partial charge on any atom is 0.253 e. The third kappa shape index (κ3) is 9.53. The van der Waals surface area contributed by atoms with Crippen molar-refractivity contribution in [2.45, 2.75) is 73.3 Å². The Kier molecular flexibility index (Phi) is 13.8. The molecule has 1 aliphatic carbocycles. The van der Waals surface area contributed by atoms with Crippen molar-refractivity contribution in [3.05, 3.63) is 0 Å². The van der Waals surface area contributed by atoms with Crippen molar-refractivity contribution in [1.82, 2.24) is 4.90 Å². The molecule has 1 aliphatic heterocycles. The first-order valence-electron chi connectivity index (χ1n) is 8.34. The average Bonchev–Trinajstić information content (AvgIpc) is 2.69. The van der Waals surface area contributed by atoms with Crippen LogP contribution in [0.4, 0.5) is 0 Å². The summed E-state index contributed by atoms with van der Waals surface area (Å²) < 4.78 is 0. The molecule has 5 nitrogen and oxygen atoms in total. The van der Waals surface area contributed by atoms with Crippen molar-refractivity contribution < 1.29 is 9.59 Å². The van der Waals surface area contributed by atoms with E-state index in [1.54, 1.807) is 14.0 Å². The lowest BCUT2D eigenvalue weighted by Crippen LogP contribution is -2.34. The average molecular weight is 313 g/mol. The Balaban J connectivity index is 0. The van der Waals surface area contributed by atoms with E-state index in [2.05, 4.69) is 18.8 Å². The molecule has 5 heteroatoms. The number of rotatable bonds is 0. The number of aliphatic imine (C=N–C) groups is 1. The summed E-state index contributed by atoms with van der Waals surface area (Å²) in [5, 5.41) is 0. The van der Waals surface area contributed by atoms with E-state index in [0.717, 1.165) is 18.1 Å². The van der Waals surface area contributed by atoms with Crippen molar-refractivity contribution in [3.8, 4) is 0 Å². The Labute approximate surface area is 136 Å². The molecule has 3 unspecified atom stereocenters. The van der Waals surface area contributed by atoms with E-state index in [0.29, 0.717) is 5.96 Å². The molecule has 0 aromatic carbocycles. The van der Waals surface area contributed by atoms with Crippen LogP contribution >= 0.6 is 0 Å². The predicted molar refractivity (Wildman–Crippen MR) is 93.7 cm³/mol. The molecule has 0 aromatic heterocycles. The second kappa shape index (κ2) is 13.3. The summed E-state index contributed by atoms with van der Waals surface area (Å²) in [6.07, 6.45) is 6.65. The number of likely N-dealkylation sites (N-methyl/N-ethyl adjacent to an activating group) is 1. The van der Waals surface area contributed by atoms with Gasteiger partial charge in [-0.3, -0.25) is 9.69 Å². The van der Waals surface area contributed by atoms with Crippen LogP contribution in [0, 0.1) is 11.8 Å². The molecular weight excluding hydrogens is 278 g/mol. The second-order valence-electron chi connectivity index (χ2n) is 5.67. The second-order valence-corrected chi connectivity index (χ2v) is 5.67. The first-order valence-corrected chi connectivity index (χ1v) is 8.34. The summed E-state index contributed by atoms with van der Waals surface area (Å²) >= 11 is 0. The zero-order chi connectivity index (χ0) is 17.7. The summed E-state index contributed by atoms with van der Waals surface area (Å²) in [6.45, 7) is 11.9. The van der Waals surface area contributed by atoms with Gasteiger partial charge in [-0.15, -0.1) is 0 Å². The minimum atomic E-state index is -0.282. The molecule has 0 bridgehead atoms. The highest BCUT2D eigenvalue weighted by atomic mass is 16.2. The van der Waals surface area contributed by atoms with Crippen molar-refractivity contribution in [2.75, 3.05) is 7.05 Å². The minimum Gasteiger partial charge on any atom is -0.369 e. The number of amides is 1. The smallest absolute Gasteiger partial charge is 0.253 e. The fraction of sp³-hybridized carbons (Fsp3) is 0.824. The number of hydrogen-bond donors (Lipinski definition) is 1. The van der Waals surface area contributed by atoms with Gasteiger partial charge in [0.2, 0.25) is 0 Å². The highest BCUT2D eigenvalue weighted by Crippen LogP contribution is 2.27. The lowest BCUT2D eigenvalue weighted by atomic mass is 9.84. The number of guanidine groups is 1. The molecule has 2 rings (SSSR count). The van der Waals surface area contributed by atoms with Crippen molar-refractivity contribution in [3.63, 3.8) is 0 Å². The monoisotopic (exact) mass is 313 g/mol. The van der Waals surface area contributed by atoms with E-state index < -0.39 is 0 Å². The number of hydrogen-bond acceptors (Lipinski definition) is 4. The van der Waals surface area contributed by atoms with Crippen LogP contribution in [0.2, 0.25) is 0 Å². The van der Waals surface area contributed by atoms with Gasteiger partial charge in [0.15, 0.2) is 5.96 Å². The Morgan fingerprint density at radius 1 is 1.18 bits per heavy atom. The lowest BCUT2D eigenvalue weighted by Gasteiger charge is -2.22. The molecule has 0 spiro atoms. The molecule has 22 heavy (non-hydrogen) atoms. The maximum absolute atomic E-state index is 10.8. The summed E-state index contributed by atoms with van der Waals surface area (Å²) in [5.74, 6) is 2.30. The highest BCUT2D eigenvalue weighted by Gasteiger charge is 2.25. The molecule has 2 aliphatic rings. The fourth-order valence-corrected chi connectivity index (χ4v) is 2.47. The first-order chi connectivity index (χ1) is 10.3. The van der Waals surface area contributed by atoms with Gasteiger partial charge < -0.3 is 10.5 Å². The van der Waals surface area contributed by atoms with Gasteiger partial charge in [0, 0.05) is 7.05 Å². The molecule has 1 fully saturated rings. The Hall–Kier alpha value is -1.39. The first kappa shape index (κ1) is 22.9. The molecule has 3 atom stereocenters. The van der Waals surface area contributed by atoms with E-state index in [4.69, 9.17) is 10.5 Å². The molecule has 0 radical (unpaired) electrons. The molecular formula is C17H35N3O2. The van der Waals surface area contributed by atoms with Crippen molar-refractivity contribution in [1.29, 1.82) is 0 Å². The van der Waals surface area contributed by atoms with E-state index in [1.807, 2.05) is 13.8 Å². The molecule has 2 N–H and O–H groups in total. The SMILES string of the molecule is CC.CC1CCCC(C)C1.CC1N=C(N)N(C)C1=O.CC=O. The van der Waals surface area contributed by atoms with E-state index in [9.17, 15) is 4.79 Å². The lowest BCUT2D eigenvalue weighted by molar-refractivity contribution is -0.126. The van der Waals surface area contributed by atoms with Crippen LogP contribution in [0.1, 0.15) is 67.2 Å². The number of carbonyl (C=O) groups is 2. The summed E-state index contributed by atoms with van der Waals surface area (Å²) in [7, 11) is 1.62. The normalized spacial score (nSPS) is 26.3. The Morgan fingerprint density at radius 2 is 1.59 bits per heavy atom. The van der Waals surface area contributed by atoms with Crippen LogP contribution in [0.15, 0.2) is 4.99 Å². The van der Waals surface area contributed by atoms with Gasteiger partial charge in [-0.2, -0.15) is 0 Å². The summed E-state index contributed by atoms with van der Waals surface area (Å²) in [5.41, 5.74) is 5.31. The van der Waals surface area contributed by atoms with Crippen LogP contribution in [0.5, 0.6) is 0 Å². The fourth-order valence-electron chi connectivity index (χ4n) is 2.47. The van der Waals surface area contributed by atoms with E-state index in [1.165, 1.54) is 37.5 Å². The van der Waals surface area contributed by atoms with Crippen molar-refractivity contribution in [2.24, 2.45) is 22.6 Å². The third-order valence-corrected chi connectivity index (χ3v) is 3.56. The highest BCUT2D eigenvalue weighted by molar-refractivity contribution is 6.03. The summed E-state index contributed by atoms with van der Waals surface area (Å²) in [6, 6.07) is -0.282. The standard InChI is InChI=1S/C8H16.C5H9N3O.C2H4O.C2H6/c1-7-4-3-5-8(2)6-7;1-3-4(9)8(2)5(6)7-3;1-2-3;1-2/h7-8H,3-6H2,1-2H3;3H,1-2H3,(H2,6,7);2H,1H3;1-2H3. The summed E-state index contributed by atoms with van der Waals surface area (Å²) in [4.78, 5) is 24.8. The van der Waals surface area contributed by atoms with E-state index >= 15 is 0 Å². The van der Waals surface area contributed by atoms with Crippen LogP contribution < -0.4 is 5.73 Å². The van der Waals surface area contributed by atoms with Crippen LogP contribution in [-0.2, 0) is 9.59 Å². The van der Waals surface area contributed by atoms with Crippen LogP contribution in [-0.4, -0.2) is 36.1 Å². The molecule has 0 saturated heterocycles. The molecule has 1 amide bonds. The van der Waals surface area contributed by atoms with Crippen LogP contribution in [0.3, 0.4) is 0 Å². The zero-order valence-corrected chi connectivity index (χ0v) is 15.4. The molecule has 1 heterocycles. The zero-order valence-electron chi connectivity index (χ0n) is 15.4. The minimum absolute atomic E-state index is 0.0347. The maximum atomic E-state index is 10.8. The van der Waals surface area contributed by atoms with Crippen molar-refractivity contribution >= 4 is 18.2 Å². The van der Waals surface area contributed by atoms with Gasteiger partial charge in [0.1, 0.15) is 12.3 Å². The van der Waals surface area contributed by atoms with E-state index in [-0.39, 0.29) is 11.9 Å². The van der Waals surface area contributed by atoms with Gasteiger partial charge >= 0.3 is 0 Å². The number of nitrogens with two attached hydrogens (primary N) is 1. The van der Waals surface area contributed by atoms with Gasteiger partial charge in [-0.25, -0.2) is 4.99 Å². The molecule has 130 valence electrons. The Morgan fingerprint density at radius 3 is 1.73 bits per heavy atom. The number of carbonyl (C=O) groups excluding carboxylic acids is 2. The Bertz CT molecular complexity index is 335. The topological polar surface area (TPSA) is 75.8 Å².